The first kappa shape index (κ1) is 33.5. The Morgan fingerprint density at radius 2 is 1.74 bits per heavy atom. The highest BCUT2D eigenvalue weighted by molar-refractivity contribution is 5.42. The molecule has 3 aliphatic rings. The number of rotatable bonds is 5. The molecule has 3 rings (SSSR count). The number of dihydropyridines is 2. The number of halogens is 1. The predicted molar refractivity (Wildman–Crippen MR) is 140 cm³/mol. The van der Waals surface area contributed by atoms with Gasteiger partial charge in [-0.1, -0.05) is 41.5 Å². The molecule has 0 aliphatic carbocycles. The molecule has 0 fully saturated rings. The highest BCUT2D eigenvalue weighted by atomic mass is 19.1. The Kier molecular flexibility index (Phi) is 19.5. The Balaban J connectivity index is 0. The lowest BCUT2D eigenvalue weighted by atomic mass is 10.1. The van der Waals surface area contributed by atoms with E-state index in [-0.39, 0.29) is 18.5 Å². The first-order chi connectivity index (χ1) is 16.4. The van der Waals surface area contributed by atoms with Gasteiger partial charge in [-0.05, 0) is 13.0 Å². The van der Waals surface area contributed by atoms with E-state index in [2.05, 4.69) is 21.4 Å². The van der Waals surface area contributed by atoms with Crippen LogP contribution >= 0.6 is 0 Å². The molecule has 0 aromatic rings. The molecule has 9 heteroatoms. The van der Waals surface area contributed by atoms with Crippen LogP contribution in [0, 0.1) is 0 Å². The average Bonchev–Trinajstić information content (AvgIpc) is 3.29. The number of nitrogens with one attached hydrogen (secondary N) is 4. The van der Waals surface area contributed by atoms with Crippen molar-refractivity contribution in [3.63, 3.8) is 0 Å². The van der Waals surface area contributed by atoms with Crippen molar-refractivity contribution >= 4 is 0 Å². The normalized spacial score (nSPS) is 18.3. The maximum atomic E-state index is 12.7. The lowest BCUT2D eigenvalue weighted by Crippen LogP contribution is -2.37. The number of methoxy groups -OCH3 is 2. The van der Waals surface area contributed by atoms with E-state index in [4.69, 9.17) is 9.47 Å². The van der Waals surface area contributed by atoms with Gasteiger partial charge in [0, 0.05) is 49.8 Å². The summed E-state index contributed by atoms with van der Waals surface area (Å²) >= 11 is 0. The molecule has 3 heterocycles. The third-order valence-corrected chi connectivity index (χ3v) is 4.64. The van der Waals surface area contributed by atoms with Crippen molar-refractivity contribution in [2.45, 2.75) is 54.5 Å². The molecule has 0 saturated heterocycles. The minimum Gasteiger partial charge on any atom is -0.496 e. The van der Waals surface area contributed by atoms with Crippen LogP contribution in [0.1, 0.15) is 48.5 Å². The molecular formula is C25H48FN5O3. The SMILES string of the molecule is CC.CC.CC.CNC1=C(C)C(F)=CNC1.COC1=CC(OC)=C(C2=CC(CO)NN2C)CN1. The lowest BCUT2D eigenvalue weighted by Gasteiger charge is -2.25. The summed E-state index contributed by atoms with van der Waals surface area (Å²) in [7, 11) is 6.95. The Morgan fingerprint density at radius 1 is 1.12 bits per heavy atom. The molecule has 0 spiro atoms. The van der Waals surface area contributed by atoms with Crippen molar-refractivity contribution in [2.24, 2.45) is 0 Å². The van der Waals surface area contributed by atoms with Gasteiger partial charge in [0.1, 0.15) is 11.6 Å². The summed E-state index contributed by atoms with van der Waals surface area (Å²) in [4.78, 5) is 0. The average molecular weight is 486 g/mol. The Hall–Kier alpha value is -2.65. The summed E-state index contributed by atoms with van der Waals surface area (Å²) in [6.07, 6.45) is 5.19. The molecule has 0 amide bonds. The van der Waals surface area contributed by atoms with Crippen LogP contribution in [0.3, 0.4) is 0 Å². The zero-order chi connectivity index (χ0) is 26.7. The van der Waals surface area contributed by atoms with Crippen molar-refractivity contribution in [1.82, 2.24) is 26.4 Å². The number of nitrogens with zero attached hydrogens (tertiary/aromatic N) is 1. The van der Waals surface area contributed by atoms with Crippen LogP contribution in [0.4, 0.5) is 4.39 Å². The molecule has 0 aromatic carbocycles. The van der Waals surface area contributed by atoms with Crippen LogP contribution in [0.2, 0.25) is 0 Å². The number of aliphatic hydroxyl groups excluding tert-OH is 1. The van der Waals surface area contributed by atoms with Gasteiger partial charge in [0.15, 0.2) is 5.88 Å². The second kappa shape index (κ2) is 19.8. The van der Waals surface area contributed by atoms with Crippen LogP contribution in [-0.2, 0) is 9.47 Å². The van der Waals surface area contributed by atoms with Crippen LogP contribution in [0.25, 0.3) is 0 Å². The Labute approximate surface area is 206 Å². The molecule has 5 N–H and O–H groups in total. The van der Waals surface area contributed by atoms with Crippen LogP contribution < -0.4 is 21.4 Å². The van der Waals surface area contributed by atoms with E-state index in [9.17, 15) is 9.50 Å². The summed E-state index contributed by atoms with van der Waals surface area (Å²) < 4.78 is 23.3. The molecular weight excluding hydrogens is 437 g/mol. The van der Waals surface area contributed by atoms with E-state index in [1.165, 1.54) is 6.20 Å². The number of hydrogen-bond donors (Lipinski definition) is 5. The maximum absolute atomic E-state index is 12.7. The van der Waals surface area contributed by atoms with Gasteiger partial charge in [0.25, 0.3) is 0 Å². The van der Waals surface area contributed by atoms with Crippen molar-refractivity contribution in [2.75, 3.05) is 48.0 Å². The topological polar surface area (TPSA) is 90.0 Å². The van der Waals surface area contributed by atoms with Gasteiger partial charge in [0.2, 0.25) is 0 Å². The lowest BCUT2D eigenvalue weighted by molar-refractivity contribution is 0.217. The van der Waals surface area contributed by atoms with Crippen molar-refractivity contribution in [3.05, 3.63) is 58.4 Å². The molecule has 1 atom stereocenters. The Morgan fingerprint density at radius 3 is 2.18 bits per heavy atom. The van der Waals surface area contributed by atoms with Crippen molar-refractivity contribution < 1.29 is 19.0 Å². The first-order valence-corrected chi connectivity index (χ1v) is 12.0. The van der Waals surface area contributed by atoms with E-state index in [1.807, 2.05) is 65.8 Å². The molecule has 34 heavy (non-hydrogen) atoms. The van der Waals surface area contributed by atoms with E-state index in [0.29, 0.717) is 24.5 Å². The van der Waals surface area contributed by atoms with Crippen molar-refractivity contribution in [1.29, 1.82) is 0 Å². The van der Waals surface area contributed by atoms with Crippen molar-refractivity contribution in [3.8, 4) is 0 Å². The van der Waals surface area contributed by atoms with Gasteiger partial charge in [-0.3, -0.25) is 0 Å². The minimum atomic E-state index is -0.185. The second-order valence-electron chi connectivity index (χ2n) is 6.37. The van der Waals surface area contributed by atoms with E-state index in [0.717, 1.165) is 22.7 Å². The van der Waals surface area contributed by atoms with E-state index in [1.54, 1.807) is 28.2 Å². The molecule has 0 radical (unpaired) electrons. The highest BCUT2D eigenvalue weighted by Gasteiger charge is 2.26. The van der Waals surface area contributed by atoms with Gasteiger partial charge >= 0.3 is 0 Å². The van der Waals surface area contributed by atoms with Gasteiger partial charge in [0.05, 0.1) is 39.1 Å². The smallest absolute Gasteiger partial charge is 0.190 e. The molecule has 0 saturated carbocycles. The molecule has 198 valence electrons. The van der Waals surface area contributed by atoms with Gasteiger partial charge in [-0.15, -0.1) is 0 Å². The van der Waals surface area contributed by atoms with Gasteiger partial charge < -0.3 is 35.5 Å². The zero-order valence-corrected chi connectivity index (χ0v) is 23.0. The zero-order valence-electron chi connectivity index (χ0n) is 23.0. The Bertz CT molecular complexity index is 730. The molecule has 0 aromatic heterocycles. The van der Waals surface area contributed by atoms with Crippen LogP contribution in [0.15, 0.2) is 58.4 Å². The predicted octanol–water partition coefficient (Wildman–Crippen LogP) is 3.65. The summed E-state index contributed by atoms with van der Waals surface area (Å²) in [6, 6.07) is -0.0524. The number of likely N-dealkylation sites (N-methyl/N-ethyl adjacent to an activating group) is 2. The highest BCUT2D eigenvalue weighted by Crippen LogP contribution is 2.25. The number of ether oxygens (including phenoxy) is 2. The molecule has 1 unspecified atom stereocenters. The second-order valence-corrected chi connectivity index (χ2v) is 6.37. The van der Waals surface area contributed by atoms with E-state index >= 15 is 0 Å². The van der Waals surface area contributed by atoms with Crippen LogP contribution in [0.5, 0.6) is 0 Å². The molecule has 0 bridgehead atoms. The fourth-order valence-electron chi connectivity index (χ4n) is 3.01. The molecule has 3 aliphatic heterocycles. The number of hydrazine groups is 1. The minimum absolute atomic E-state index is 0.0524. The number of hydrogen-bond acceptors (Lipinski definition) is 8. The fourth-order valence-corrected chi connectivity index (χ4v) is 3.01. The first-order valence-electron chi connectivity index (χ1n) is 12.0. The quantitative estimate of drug-likeness (QED) is 0.403. The number of allylic oxidation sites excluding steroid dienone is 3. The maximum Gasteiger partial charge on any atom is 0.190 e. The third kappa shape index (κ3) is 10.1. The molecule has 8 nitrogen and oxygen atoms in total. The summed E-state index contributed by atoms with van der Waals surface area (Å²) in [6.45, 7) is 15.1. The standard InChI is InChI=1S/C12H19N3O3.C7H11FN2.3C2H6/c1-15-10(4-8(7-16)14-15)9-6-13-12(18-3)5-11(9)17-2;1-5-6(8)3-10-4-7(5)9-2;3*1-2/h4-5,8,13-14,16H,6-7H2,1-3H3;3,9-10H,4H2,1-2H3;3*1-2H3. The van der Waals surface area contributed by atoms with Gasteiger partial charge in [-0.25, -0.2) is 9.82 Å². The summed E-state index contributed by atoms with van der Waals surface area (Å²) in [5, 5.41) is 20.0. The largest absolute Gasteiger partial charge is 0.496 e. The van der Waals surface area contributed by atoms with E-state index < -0.39 is 0 Å². The van der Waals surface area contributed by atoms with Gasteiger partial charge in [-0.2, -0.15) is 0 Å². The fraction of sp³-hybridized carbons (Fsp3) is 0.600. The third-order valence-electron chi connectivity index (χ3n) is 4.64. The number of aliphatic hydroxyl groups is 1. The summed E-state index contributed by atoms with van der Waals surface area (Å²) in [5.41, 5.74) is 6.79. The van der Waals surface area contributed by atoms with Crippen LogP contribution in [-0.4, -0.2) is 64.2 Å². The summed E-state index contributed by atoms with van der Waals surface area (Å²) in [5.74, 6) is 1.27. The monoisotopic (exact) mass is 485 g/mol.